The molecular weight excluding hydrogens is 595 g/mol. The van der Waals surface area contributed by atoms with Gasteiger partial charge in [-0.15, -0.1) is 0 Å². The Morgan fingerprint density at radius 2 is 1.61 bits per heavy atom. The molecule has 6 atom stereocenters. The molecule has 0 aromatic rings. The molecule has 1 fully saturated rings. The highest BCUT2D eigenvalue weighted by Gasteiger charge is 2.35. The van der Waals surface area contributed by atoms with Crippen molar-refractivity contribution in [2.24, 2.45) is 5.92 Å². The van der Waals surface area contributed by atoms with Crippen LogP contribution < -0.4 is 0 Å². The number of allylic oxidation sites excluding steroid dienone is 2. The number of carbonyl (C=O) groups excluding carboxylic acids is 2. The van der Waals surface area contributed by atoms with Gasteiger partial charge >= 0.3 is 19.8 Å². The van der Waals surface area contributed by atoms with E-state index in [1.165, 1.54) is 0 Å². The molecule has 0 amide bonds. The van der Waals surface area contributed by atoms with Crippen molar-refractivity contribution in [3.63, 3.8) is 0 Å². The van der Waals surface area contributed by atoms with Crippen molar-refractivity contribution in [3.05, 3.63) is 24.3 Å². The second kappa shape index (κ2) is 23.7. The van der Waals surface area contributed by atoms with Crippen molar-refractivity contribution in [1.29, 1.82) is 0 Å². The van der Waals surface area contributed by atoms with Crippen LogP contribution >= 0.6 is 7.82 Å². The number of phosphoric acid groups is 1. The van der Waals surface area contributed by atoms with Gasteiger partial charge in [-0.2, -0.15) is 0 Å². The average molecular weight is 651 g/mol. The molecule has 0 radical (unpaired) electrons. The van der Waals surface area contributed by atoms with Crippen molar-refractivity contribution >= 4 is 19.8 Å². The number of unbranched alkanes of at least 4 members (excludes halogenated alkanes) is 7. The van der Waals surface area contributed by atoms with Gasteiger partial charge in [-0.3, -0.25) is 14.1 Å². The maximum Gasteiger partial charge on any atom is 0.469 e. The van der Waals surface area contributed by atoms with E-state index in [1.807, 2.05) is 12.2 Å². The van der Waals surface area contributed by atoms with Gasteiger partial charge in [0.1, 0.15) is 6.61 Å². The highest BCUT2D eigenvalue weighted by atomic mass is 31.2. The van der Waals surface area contributed by atoms with E-state index in [-0.39, 0.29) is 31.8 Å². The Morgan fingerprint density at radius 3 is 2.32 bits per heavy atom. The zero-order valence-electron chi connectivity index (χ0n) is 26.3. The molecule has 44 heavy (non-hydrogen) atoms. The number of aliphatic hydroxyl groups is 3. The second-order valence-corrected chi connectivity index (χ2v) is 12.6. The summed E-state index contributed by atoms with van der Waals surface area (Å²) in [7, 11) is -4.80. The van der Waals surface area contributed by atoms with Gasteiger partial charge < -0.3 is 39.3 Å². The summed E-state index contributed by atoms with van der Waals surface area (Å²) >= 11 is 0. The molecule has 0 spiro atoms. The summed E-state index contributed by atoms with van der Waals surface area (Å²) in [5.41, 5.74) is 0. The number of carbonyl (C=O) groups is 2. The molecule has 12 nitrogen and oxygen atoms in total. The molecular formula is C31H55O12P. The highest BCUT2D eigenvalue weighted by Crippen LogP contribution is 2.36. The van der Waals surface area contributed by atoms with Crippen LogP contribution in [0.15, 0.2) is 24.3 Å². The third-order valence-corrected chi connectivity index (χ3v) is 7.75. The molecule has 256 valence electrons. The van der Waals surface area contributed by atoms with Gasteiger partial charge in [0, 0.05) is 25.2 Å². The number of ether oxygens (including phenoxy) is 3. The minimum atomic E-state index is -4.80. The number of rotatable bonds is 24. The predicted octanol–water partition coefficient (Wildman–Crippen LogP) is 4.61. The molecule has 0 aromatic heterocycles. The van der Waals surface area contributed by atoms with E-state index in [0.717, 1.165) is 44.9 Å². The lowest BCUT2D eigenvalue weighted by atomic mass is 9.87. The summed E-state index contributed by atoms with van der Waals surface area (Å²) in [6, 6.07) is 0. The Bertz CT molecular complexity index is 889. The van der Waals surface area contributed by atoms with Crippen LogP contribution in [0, 0.1) is 5.92 Å². The number of hydrogen-bond donors (Lipinski definition) is 5. The monoisotopic (exact) mass is 650 g/mol. The summed E-state index contributed by atoms with van der Waals surface area (Å²) in [6.07, 6.45) is 13.1. The second-order valence-electron chi connectivity index (χ2n) is 11.3. The van der Waals surface area contributed by atoms with Gasteiger partial charge in [-0.1, -0.05) is 83.1 Å². The molecule has 1 aliphatic rings. The normalized spacial score (nSPS) is 22.3. The van der Waals surface area contributed by atoms with Gasteiger partial charge in [0.2, 0.25) is 0 Å². The summed E-state index contributed by atoms with van der Waals surface area (Å²) in [5, 5.41) is 30.6. The van der Waals surface area contributed by atoms with Crippen LogP contribution in [0.1, 0.15) is 110 Å². The quantitative estimate of drug-likeness (QED) is 0.0423. The van der Waals surface area contributed by atoms with Crippen LogP contribution in [-0.4, -0.2) is 81.0 Å². The maximum atomic E-state index is 12.2. The number of phosphoric ester groups is 1. The molecule has 0 saturated carbocycles. The van der Waals surface area contributed by atoms with Gasteiger partial charge in [-0.25, -0.2) is 4.57 Å². The standard InChI is InChI=1S/C31H55O12P/c1-3-5-7-8-14-18-30(35)42-25(23-41-44(37,38)39)22-40-29(34)17-13-10-9-12-16-26-27(33)21-31(36)43-28(26)20-19-24(32)15-11-6-4-2/h9,12,19-20,24-28,31-33,36H,3-8,10-11,13-18,21-23H2,1-2H3,(H2,37,38,39)/b12-9-,20-19+/t24-,25+,26-,27-,28+,31?/m0/s1. The lowest BCUT2D eigenvalue weighted by molar-refractivity contribution is -0.199. The van der Waals surface area contributed by atoms with Crippen molar-refractivity contribution < 1.29 is 58.0 Å². The van der Waals surface area contributed by atoms with Crippen LogP contribution in [0.4, 0.5) is 0 Å². The Balaban J connectivity index is 2.47. The fraction of sp³-hybridized carbons (Fsp3) is 0.806. The SMILES string of the molecule is CCCCCCCC(=O)O[C@H](COC(=O)CCC/C=C\C[C@H]1[C@@H](O)CC(O)O[C@@H]1/C=C/[C@@H](O)CCCCC)COP(=O)(O)O. The molecule has 0 aromatic carbocycles. The van der Waals surface area contributed by atoms with E-state index < -0.39 is 57.1 Å². The van der Waals surface area contributed by atoms with Gasteiger partial charge in [0.25, 0.3) is 0 Å². The summed E-state index contributed by atoms with van der Waals surface area (Å²) in [4.78, 5) is 42.3. The van der Waals surface area contributed by atoms with Crippen LogP contribution in [-0.2, 0) is 32.9 Å². The first kappa shape index (κ1) is 40.4. The predicted molar refractivity (Wildman–Crippen MR) is 164 cm³/mol. The highest BCUT2D eigenvalue weighted by molar-refractivity contribution is 7.46. The smallest absolute Gasteiger partial charge is 0.462 e. The van der Waals surface area contributed by atoms with Gasteiger partial charge in [0.15, 0.2) is 12.4 Å². The Labute approximate surface area is 262 Å². The third-order valence-electron chi connectivity index (χ3n) is 7.27. The molecule has 1 saturated heterocycles. The fourth-order valence-corrected chi connectivity index (χ4v) is 5.12. The van der Waals surface area contributed by atoms with E-state index in [0.29, 0.717) is 32.1 Å². The number of hydrogen-bond acceptors (Lipinski definition) is 10. The summed E-state index contributed by atoms with van der Waals surface area (Å²) < 4.78 is 31.6. The van der Waals surface area contributed by atoms with E-state index in [2.05, 4.69) is 18.4 Å². The molecule has 13 heteroatoms. The molecule has 0 bridgehead atoms. The molecule has 1 aliphatic heterocycles. The minimum Gasteiger partial charge on any atom is -0.462 e. The van der Waals surface area contributed by atoms with Crippen LogP contribution in [0.2, 0.25) is 0 Å². The molecule has 1 unspecified atom stereocenters. The van der Waals surface area contributed by atoms with Crippen molar-refractivity contribution in [2.45, 2.75) is 141 Å². The number of aliphatic hydroxyl groups excluding tert-OH is 3. The maximum absolute atomic E-state index is 12.2. The summed E-state index contributed by atoms with van der Waals surface area (Å²) in [6.45, 7) is 3.19. The number of esters is 2. The van der Waals surface area contributed by atoms with Gasteiger partial charge in [-0.05, 0) is 32.1 Å². The lowest BCUT2D eigenvalue weighted by Crippen LogP contribution is -2.43. The first-order chi connectivity index (χ1) is 20.9. The van der Waals surface area contributed by atoms with Gasteiger partial charge in [0.05, 0.1) is 24.9 Å². The first-order valence-electron chi connectivity index (χ1n) is 16.0. The fourth-order valence-electron chi connectivity index (χ4n) is 4.76. The Hall–Kier alpha value is -1.63. The van der Waals surface area contributed by atoms with E-state index >= 15 is 0 Å². The first-order valence-corrected chi connectivity index (χ1v) is 17.6. The van der Waals surface area contributed by atoms with Crippen molar-refractivity contribution in [1.82, 2.24) is 0 Å². The lowest BCUT2D eigenvalue weighted by Gasteiger charge is -2.36. The van der Waals surface area contributed by atoms with E-state index in [1.54, 1.807) is 12.2 Å². The Kier molecular flexibility index (Phi) is 21.7. The zero-order valence-corrected chi connectivity index (χ0v) is 27.2. The Morgan fingerprint density at radius 1 is 0.932 bits per heavy atom. The van der Waals surface area contributed by atoms with Crippen LogP contribution in [0.5, 0.6) is 0 Å². The zero-order chi connectivity index (χ0) is 32.8. The van der Waals surface area contributed by atoms with Crippen molar-refractivity contribution in [2.75, 3.05) is 13.2 Å². The molecule has 1 rings (SSSR count). The molecule has 0 aliphatic carbocycles. The largest absolute Gasteiger partial charge is 0.469 e. The van der Waals surface area contributed by atoms with E-state index in [9.17, 15) is 29.5 Å². The van der Waals surface area contributed by atoms with Crippen LogP contribution in [0.25, 0.3) is 0 Å². The molecule has 1 heterocycles. The molecule has 5 N–H and O–H groups in total. The topological polar surface area (TPSA) is 189 Å². The third kappa shape index (κ3) is 20.4. The summed E-state index contributed by atoms with van der Waals surface area (Å²) in [5.74, 6) is -1.40. The van der Waals surface area contributed by atoms with E-state index in [4.69, 9.17) is 24.0 Å². The average Bonchev–Trinajstić information content (AvgIpc) is 2.95. The van der Waals surface area contributed by atoms with Crippen molar-refractivity contribution in [3.8, 4) is 0 Å². The minimum absolute atomic E-state index is 0.0738. The van der Waals surface area contributed by atoms with Crippen LogP contribution in [0.3, 0.4) is 0 Å².